The summed E-state index contributed by atoms with van der Waals surface area (Å²) in [6, 6.07) is 0. The Bertz CT molecular complexity index is 883. The fourth-order valence-corrected chi connectivity index (χ4v) is 5.00. The molecule has 0 aromatic heterocycles. The molecule has 3 fully saturated rings. The fraction of sp³-hybridized carbons (Fsp3) is 0.958. The standard InChI is InChI=1S/C24H42O20/c1-6-11(31)15(35)17(37)22(39-6)44-21-20(43-23-18(38)16(36)13(33)9(4-27)40-23)14(34)10(5-28)41-24(21)42-19(8(30)3-26)12(32)7(29)2-25/h2,6-24,26-38H,3-5H2,1H3/t6-,7-,8+,9+,10+,11+,12+,13-,14-,15+,16-,17-,18+,19+,20-,21+,22-,23+,24-/m0/s1. The summed E-state index contributed by atoms with van der Waals surface area (Å²) in [6.45, 7) is -1.59. The topological polar surface area (TPSA) is 335 Å². The number of carbonyl (C=O) groups excluding carboxylic acids is 1. The Hall–Kier alpha value is -1.09. The van der Waals surface area contributed by atoms with Gasteiger partial charge in [-0.05, 0) is 6.92 Å². The molecule has 44 heavy (non-hydrogen) atoms. The summed E-state index contributed by atoms with van der Waals surface area (Å²) in [4.78, 5) is 11.1. The van der Waals surface area contributed by atoms with Gasteiger partial charge in [-0.25, -0.2) is 0 Å². The Morgan fingerprint density at radius 3 is 1.70 bits per heavy atom. The second-order valence-corrected chi connectivity index (χ2v) is 10.8. The van der Waals surface area contributed by atoms with Gasteiger partial charge in [-0.3, -0.25) is 0 Å². The molecule has 3 aliphatic rings. The van der Waals surface area contributed by atoms with Gasteiger partial charge in [0.15, 0.2) is 25.2 Å². The van der Waals surface area contributed by atoms with Gasteiger partial charge in [0.25, 0.3) is 0 Å². The van der Waals surface area contributed by atoms with Crippen LogP contribution in [0.4, 0.5) is 0 Å². The van der Waals surface area contributed by atoms with E-state index in [1.165, 1.54) is 6.92 Å². The lowest BCUT2D eigenvalue weighted by Gasteiger charge is -2.49. The second-order valence-electron chi connectivity index (χ2n) is 10.8. The third-order valence-corrected chi connectivity index (χ3v) is 7.72. The second kappa shape index (κ2) is 16.1. The Morgan fingerprint density at radius 1 is 0.659 bits per heavy atom. The van der Waals surface area contributed by atoms with E-state index in [2.05, 4.69) is 0 Å². The van der Waals surface area contributed by atoms with E-state index in [0.29, 0.717) is 0 Å². The first kappa shape index (κ1) is 37.4. The van der Waals surface area contributed by atoms with Crippen LogP contribution in [-0.4, -0.2) is 209 Å². The van der Waals surface area contributed by atoms with Crippen LogP contribution in [-0.2, 0) is 33.2 Å². The summed E-state index contributed by atoms with van der Waals surface area (Å²) < 4.78 is 33.4. The third kappa shape index (κ3) is 7.88. The van der Waals surface area contributed by atoms with E-state index in [-0.39, 0.29) is 6.29 Å². The highest BCUT2D eigenvalue weighted by atomic mass is 16.8. The van der Waals surface area contributed by atoms with Crippen molar-refractivity contribution in [2.45, 2.75) is 123 Å². The molecule has 0 aromatic carbocycles. The number of aliphatic hydroxyl groups is 13. The van der Waals surface area contributed by atoms with E-state index in [1.807, 2.05) is 0 Å². The van der Waals surface area contributed by atoms with Crippen molar-refractivity contribution in [2.24, 2.45) is 0 Å². The molecule has 3 aliphatic heterocycles. The van der Waals surface area contributed by atoms with Gasteiger partial charge in [-0.2, -0.15) is 0 Å². The lowest BCUT2D eigenvalue weighted by molar-refractivity contribution is -0.397. The molecule has 0 saturated carbocycles. The first-order valence-electron chi connectivity index (χ1n) is 13.7. The SMILES string of the molecule is C[C@@H]1O[C@@H](O[C@H]2[C@H](O[C@@H]([C@H](O)[C@@H](O)C=O)[C@H](O)CO)O[C@H](CO)[C@H](O)[C@@H]2O[C@H]2O[C@H](CO)[C@H](O)[C@H](O)[C@H]2O)[C@@H](O)[C@H](O)[C@@H]1O. The summed E-state index contributed by atoms with van der Waals surface area (Å²) in [7, 11) is 0. The first-order chi connectivity index (χ1) is 20.7. The minimum absolute atomic E-state index is 0.105. The Morgan fingerprint density at radius 2 is 1.16 bits per heavy atom. The van der Waals surface area contributed by atoms with E-state index in [1.54, 1.807) is 0 Å². The maximum Gasteiger partial charge on any atom is 0.187 e. The van der Waals surface area contributed by atoms with Crippen molar-refractivity contribution < 1.29 is 99.6 Å². The van der Waals surface area contributed by atoms with Crippen LogP contribution in [0.5, 0.6) is 0 Å². The van der Waals surface area contributed by atoms with Crippen LogP contribution in [0.2, 0.25) is 0 Å². The summed E-state index contributed by atoms with van der Waals surface area (Å²) in [5.41, 5.74) is 0. The number of aldehydes is 1. The highest BCUT2D eigenvalue weighted by molar-refractivity contribution is 5.56. The zero-order valence-electron chi connectivity index (χ0n) is 23.3. The molecule has 0 unspecified atom stereocenters. The third-order valence-electron chi connectivity index (χ3n) is 7.72. The van der Waals surface area contributed by atoms with Crippen LogP contribution in [0.3, 0.4) is 0 Å². The lowest BCUT2D eigenvalue weighted by Crippen LogP contribution is -2.67. The summed E-state index contributed by atoms with van der Waals surface area (Å²) in [5, 5.41) is 132. The van der Waals surface area contributed by atoms with E-state index < -0.39 is 136 Å². The Kier molecular flexibility index (Phi) is 13.7. The maximum absolute atomic E-state index is 11.1. The summed E-state index contributed by atoms with van der Waals surface area (Å²) in [6.07, 6.45) is -35.5. The van der Waals surface area contributed by atoms with Gasteiger partial charge in [-0.15, -0.1) is 0 Å². The Labute approximate surface area is 249 Å². The van der Waals surface area contributed by atoms with Crippen LogP contribution >= 0.6 is 0 Å². The van der Waals surface area contributed by atoms with Crippen molar-refractivity contribution in [3.05, 3.63) is 0 Å². The molecule has 0 spiro atoms. The van der Waals surface area contributed by atoms with Crippen molar-refractivity contribution in [3.63, 3.8) is 0 Å². The zero-order chi connectivity index (χ0) is 33.0. The molecule has 13 N–H and O–H groups in total. The molecule has 0 aromatic rings. The number of hydrogen-bond acceptors (Lipinski definition) is 20. The number of aliphatic hydroxyl groups excluding tert-OH is 13. The molecule has 3 heterocycles. The molecule has 20 heteroatoms. The number of ether oxygens (including phenoxy) is 6. The van der Waals surface area contributed by atoms with Crippen molar-refractivity contribution in [1.82, 2.24) is 0 Å². The average Bonchev–Trinajstić information content (AvgIpc) is 3.02. The quantitative estimate of drug-likeness (QED) is 0.0823. The predicted molar refractivity (Wildman–Crippen MR) is 134 cm³/mol. The molecule has 0 radical (unpaired) electrons. The highest BCUT2D eigenvalue weighted by Crippen LogP contribution is 2.34. The van der Waals surface area contributed by atoms with Crippen LogP contribution < -0.4 is 0 Å². The van der Waals surface area contributed by atoms with Gasteiger partial charge in [0.1, 0.15) is 91.6 Å². The molecule has 0 bridgehead atoms. The van der Waals surface area contributed by atoms with Gasteiger partial charge in [0, 0.05) is 0 Å². The van der Waals surface area contributed by atoms with Crippen molar-refractivity contribution >= 4 is 6.29 Å². The average molecular weight is 651 g/mol. The van der Waals surface area contributed by atoms with Crippen LogP contribution in [0.15, 0.2) is 0 Å². The molecule has 3 saturated heterocycles. The molecule has 20 nitrogen and oxygen atoms in total. The predicted octanol–water partition coefficient (Wildman–Crippen LogP) is -8.88. The monoisotopic (exact) mass is 650 g/mol. The molecular formula is C24H42O20. The van der Waals surface area contributed by atoms with Crippen LogP contribution in [0.1, 0.15) is 6.92 Å². The number of hydrogen-bond donors (Lipinski definition) is 13. The first-order valence-corrected chi connectivity index (χ1v) is 13.7. The van der Waals surface area contributed by atoms with Gasteiger partial charge in [-0.1, -0.05) is 0 Å². The molecule has 0 amide bonds. The van der Waals surface area contributed by atoms with Gasteiger partial charge < -0.3 is 99.6 Å². The van der Waals surface area contributed by atoms with Crippen molar-refractivity contribution in [2.75, 3.05) is 19.8 Å². The highest BCUT2D eigenvalue weighted by Gasteiger charge is 2.55. The van der Waals surface area contributed by atoms with E-state index in [9.17, 15) is 71.2 Å². The lowest BCUT2D eigenvalue weighted by atomic mass is 9.96. The van der Waals surface area contributed by atoms with Crippen molar-refractivity contribution in [3.8, 4) is 0 Å². The Balaban J connectivity index is 2.03. The van der Waals surface area contributed by atoms with Crippen molar-refractivity contribution in [1.29, 1.82) is 0 Å². The van der Waals surface area contributed by atoms with E-state index in [4.69, 9.17) is 28.4 Å². The minimum atomic E-state index is -2.21. The van der Waals surface area contributed by atoms with Crippen LogP contribution in [0, 0.1) is 0 Å². The normalized spacial score (nSPS) is 46.2. The molecule has 258 valence electrons. The molecule has 0 aliphatic carbocycles. The summed E-state index contributed by atoms with van der Waals surface area (Å²) in [5.74, 6) is 0. The van der Waals surface area contributed by atoms with Gasteiger partial charge in [0.2, 0.25) is 0 Å². The molecule has 3 rings (SSSR count). The molecular weight excluding hydrogens is 608 g/mol. The zero-order valence-corrected chi connectivity index (χ0v) is 23.3. The number of carbonyl (C=O) groups is 1. The largest absolute Gasteiger partial charge is 0.394 e. The summed E-state index contributed by atoms with van der Waals surface area (Å²) >= 11 is 0. The maximum atomic E-state index is 11.1. The smallest absolute Gasteiger partial charge is 0.187 e. The van der Waals surface area contributed by atoms with Gasteiger partial charge in [0.05, 0.1) is 25.9 Å². The van der Waals surface area contributed by atoms with E-state index >= 15 is 0 Å². The molecule has 19 atom stereocenters. The van der Waals surface area contributed by atoms with Gasteiger partial charge >= 0.3 is 0 Å². The number of rotatable bonds is 13. The van der Waals surface area contributed by atoms with Crippen LogP contribution in [0.25, 0.3) is 0 Å². The fourth-order valence-electron chi connectivity index (χ4n) is 5.00. The van der Waals surface area contributed by atoms with E-state index in [0.717, 1.165) is 0 Å². The minimum Gasteiger partial charge on any atom is -0.394 e.